The summed E-state index contributed by atoms with van der Waals surface area (Å²) in [4.78, 5) is 13.9. The summed E-state index contributed by atoms with van der Waals surface area (Å²) in [6, 6.07) is 7.30. The standard InChI is InChI=1S/C11H9ClN2O.ClH/c12-11(15)10-3-1-2-9(6-10)7-14-5-4-13-8-14;/h1-6,8H,7H2;1H. The maximum absolute atomic E-state index is 11.0. The molecule has 0 saturated heterocycles. The summed E-state index contributed by atoms with van der Waals surface area (Å²) in [5.74, 6) is 0. The minimum Gasteiger partial charge on any atom is -1.00 e. The second kappa shape index (κ2) is 5.68. The van der Waals surface area contributed by atoms with Crippen molar-refractivity contribution >= 4 is 16.8 Å². The van der Waals surface area contributed by atoms with Gasteiger partial charge in [-0.2, -0.15) is 0 Å². The van der Waals surface area contributed by atoms with Gasteiger partial charge in [-0.1, -0.05) is 18.2 Å². The fraction of sp³-hybridized carbons (Fsp3) is 0.0909. The van der Waals surface area contributed by atoms with E-state index in [1.165, 1.54) is 0 Å². The maximum Gasteiger partial charge on any atom is 0.252 e. The molecule has 1 N–H and O–H groups in total. The van der Waals surface area contributed by atoms with Crippen LogP contribution in [0.2, 0.25) is 0 Å². The second-order valence-corrected chi connectivity index (χ2v) is 3.60. The molecule has 5 heteroatoms. The lowest BCUT2D eigenvalue weighted by Crippen LogP contribution is -3.00. The van der Waals surface area contributed by atoms with Gasteiger partial charge < -0.3 is 12.4 Å². The topological polar surface area (TPSA) is 36.7 Å². The number of aromatic amines is 1. The van der Waals surface area contributed by atoms with Gasteiger partial charge in [0.1, 0.15) is 18.9 Å². The van der Waals surface area contributed by atoms with E-state index in [0.717, 1.165) is 12.1 Å². The van der Waals surface area contributed by atoms with Crippen LogP contribution in [0.3, 0.4) is 0 Å². The van der Waals surface area contributed by atoms with Crippen molar-refractivity contribution in [3.05, 3.63) is 54.1 Å². The molecule has 0 unspecified atom stereocenters. The van der Waals surface area contributed by atoms with Gasteiger partial charge in [0.2, 0.25) is 6.33 Å². The number of benzene rings is 1. The molecule has 0 spiro atoms. The fourth-order valence-corrected chi connectivity index (χ4v) is 1.54. The van der Waals surface area contributed by atoms with Crippen LogP contribution in [0.25, 0.3) is 0 Å². The Morgan fingerprint density at radius 3 is 2.88 bits per heavy atom. The molecule has 0 bridgehead atoms. The lowest BCUT2D eigenvalue weighted by atomic mass is 10.1. The predicted octanol–water partition coefficient (Wildman–Crippen LogP) is -1.27. The molecule has 3 nitrogen and oxygen atoms in total. The SMILES string of the molecule is O=C(Cl)c1cccc(C[n+]2cc[nH]c2)c1.[Cl-]. The molecule has 1 aromatic carbocycles. The van der Waals surface area contributed by atoms with E-state index in [-0.39, 0.29) is 12.4 Å². The quantitative estimate of drug-likeness (QED) is 0.540. The number of halogens is 2. The Bertz CT molecular complexity index is 469. The van der Waals surface area contributed by atoms with E-state index in [4.69, 9.17) is 11.6 Å². The van der Waals surface area contributed by atoms with Crippen molar-refractivity contribution in [2.24, 2.45) is 0 Å². The minimum atomic E-state index is -0.420. The van der Waals surface area contributed by atoms with Crippen molar-refractivity contribution in [1.29, 1.82) is 0 Å². The third-order valence-corrected chi connectivity index (χ3v) is 2.34. The van der Waals surface area contributed by atoms with Gasteiger partial charge in [0.25, 0.3) is 5.24 Å². The highest BCUT2D eigenvalue weighted by Crippen LogP contribution is 2.07. The van der Waals surface area contributed by atoms with Gasteiger partial charge in [0, 0.05) is 5.56 Å². The zero-order chi connectivity index (χ0) is 10.7. The van der Waals surface area contributed by atoms with Crippen LogP contribution in [-0.4, -0.2) is 10.2 Å². The van der Waals surface area contributed by atoms with Crippen molar-refractivity contribution < 1.29 is 21.8 Å². The number of hydrogen-bond acceptors (Lipinski definition) is 1. The van der Waals surface area contributed by atoms with E-state index in [1.54, 1.807) is 12.1 Å². The first kappa shape index (κ1) is 12.7. The first-order valence-electron chi connectivity index (χ1n) is 4.56. The van der Waals surface area contributed by atoms with Crippen LogP contribution in [0, 0.1) is 0 Å². The van der Waals surface area contributed by atoms with Crippen LogP contribution in [0.15, 0.2) is 43.0 Å². The van der Waals surface area contributed by atoms with Crippen LogP contribution in [0.4, 0.5) is 0 Å². The summed E-state index contributed by atoms with van der Waals surface area (Å²) in [6.45, 7) is 0.724. The average Bonchev–Trinajstić information content (AvgIpc) is 2.71. The number of hydrogen-bond donors (Lipinski definition) is 1. The number of carbonyl (C=O) groups excluding carboxylic acids is 1. The fourth-order valence-electron chi connectivity index (χ4n) is 1.42. The molecule has 84 valence electrons. The lowest BCUT2D eigenvalue weighted by Gasteiger charge is -1.99. The summed E-state index contributed by atoms with van der Waals surface area (Å²) in [6.07, 6.45) is 5.63. The first-order valence-corrected chi connectivity index (χ1v) is 4.94. The number of imidazole rings is 1. The second-order valence-electron chi connectivity index (χ2n) is 3.26. The molecule has 2 aromatic rings. The van der Waals surface area contributed by atoms with Gasteiger partial charge in [0.15, 0.2) is 0 Å². The first-order chi connectivity index (χ1) is 7.25. The molecule has 16 heavy (non-hydrogen) atoms. The Kier molecular flexibility index (Phi) is 4.52. The largest absolute Gasteiger partial charge is 1.00 e. The molecule has 0 fully saturated rings. The zero-order valence-corrected chi connectivity index (χ0v) is 9.87. The summed E-state index contributed by atoms with van der Waals surface area (Å²) in [7, 11) is 0. The highest BCUT2D eigenvalue weighted by molar-refractivity contribution is 6.67. The molecule has 2 rings (SSSR count). The number of nitrogens with one attached hydrogen (secondary N) is 1. The molecular formula is C11H10Cl2N2O. The number of nitrogens with zero attached hydrogens (tertiary/aromatic N) is 1. The van der Waals surface area contributed by atoms with Crippen LogP contribution in [-0.2, 0) is 6.54 Å². The van der Waals surface area contributed by atoms with Gasteiger partial charge in [-0.05, 0) is 23.2 Å². The van der Waals surface area contributed by atoms with Gasteiger partial charge in [-0.3, -0.25) is 9.78 Å². The molecule has 0 aliphatic rings. The zero-order valence-electron chi connectivity index (χ0n) is 8.36. The van der Waals surface area contributed by atoms with Crippen LogP contribution in [0.1, 0.15) is 15.9 Å². The molecule has 0 atom stereocenters. The van der Waals surface area contributed by atoms with Crippen LogP contribution >= 0.6 is 11.6 Å². The van der Waals surface area contributed by atoms with Gasteiger partial charge >= 0.3 is 0 Å². The molecule has 0 saturated carbocycles. The number of carbonyl (C=O) groups is 1. The molecule has 1 aromatic heterocycles. The Morgan fingerprint density at radius 2 is 2.25 bits per heavy atom. The van der Waals surface area contributed by atoms with Crippen LogP contribution in [0.5, 0.6) is 0 Å². The van der Waals surface area contributed by atoms with E-state index in [0.29, 0.717) is 5.56 Å². The predicted molar refractivity (Wildman–Crippen MR) is 56.7 cm³/mol. The summed E-state index contributed by atoms with van der Waals surface area (Å²) >= 11 is 5.41. The van der Waals surface area contributed by atoms with Gasteiger partial charge in [0.05, 0.1) is 0 Å². The summed E-state index contributed by atoms with van der Waals surface area (Å²) < 4.78 is 1.98. The molecule has 1 heterocycles. The molecule has 0 aliphatic carbocycles. The Morgan fingerprint density at radius 1 is 1.44 bits per heavy atom. The minimum absolute atomic E-state index is 0. The molecule has 0 aliphatic heterocycles. The summed E-state index contributed by atoms with van der Waals surface area (Å²) in [5, 5.41) is -0.420. The summed E-state index contributed by atoms with van der Waals surface area (Å²) in [5.41, 5.74) is 1.58. The van der Waals surface area contributed by atoms with Crippen molar-refractivity contribution in [2.75, 3.05) is 0 Å². The Hall–Kier alpha value is -1.32. The Labute approximate surface area is 104 Å². The Balaban J connectivity index is 0.00000128. The highest BCUT2D eigenvalue weighted by Gasteiger charge is 2.04. The number of rotatable bonds is 3. The highest BCUT2D eigenvalue weighted by atomic mass is 35.5. The van der Waals surface area contributed by atoms with Crippen LogP contribution < -0.4 is 17.0 Å². The molecular weight excluding hydrogens is 247 g/mol. The number of H-pyrrole nitrogens is 1. The van der Waals surface area contributed by atoms with E-state index in [1.807, 2.05) is 35.4 Å². The lowest BCUT2D eigenvalue weighted by molar-refractivity contribution is -0.687. The van der Waals surface area contributed by atoms with E-state index < -0.39 is 5.24 Å². The third-order valence-electron chi connectivity index (χ3n) is 2.12. The maximum atomic E-state index is 11.0. The van der Waals surface area contributed by atoms with Gasteiger partial charge in [-0.15, -0.1) is 0 Å². The molecule has 0 radical (unpaired) electrons. The van der Waals surface area contributed by atoms with E-state index in [2.05, 4.69) is 4.98 Å². The van der Waals surface area contributed by atoms with Crippen molar-refractivity contribution in [2.45, 2.75) is 6.54 Å². The van der Waals surface area contributed by atoms with Gasteiger partial charge in [-0.25, -0.2) is 4.57 Å². The third kappa shape index (κ3) is 3.08. The average molecular weight is 257 g/mol. The monoisotopic (exact) mass is 256 g/mol. The van der Waals surface area contributed by atoms with E-state index in [9.17, 15) is 4.79 Å². The normalized spacial score (nSPS) is 9.56. The smallest absolute Gasteiger partial charge is 0.252 e. The van der Waals surface area contributed by atoms with Crippen molar-refractivity contribution in [1.82, 2.24) is 4.98 Å². The van der Waals surface area contributed by atoms with Crippen molar-refractivity contribution in [3.63, 3.8) is 0 Å². The number of aromatic nitrogens is 2. The molecule has 0 amide bonds. The van der Waals surface area contributed by atoms with E-state index >= 15 is 0 Å². The van der Waals surface area contributed by atoms with Crippen molar-refractivity contribution in [3.8, 4) is 0 Å².